The molecule has 6 heteroatoms. The molecule has 6 nitrogen and oxygen atoms in total. The Bertz CT molecular complexity index is 607. The molecule has 24 heavy (non-hydrogen) atoms. The first kappa shape index (κ1) is 17.1. The number of nitrogens with zero attached hydrogens (tertiary/aromatic N) is 3. The Morgan fingerprint density at radius 1 is 1.42 bits per heavy atom. The molecule has 1 aromatic rings. The summed E-state index contributed by atoms with van der Waals surface area (Å²) in [6.07, 6.45) is 10.3. The van der Waals surface area contributed by atoms with Gasteiger partial charge in [-0.15, -0.1) is 0 Å². The predicted octanol–water partition coefficient (Wildman–Crippen LogP) is 1.89. The van der Waals surface area contributed by atoms with Gasteiger partial charge in [0.25, 0.3) is 0 Å². The number of aromatic nitrogens is 3. The van der Waals surface area contributed by atoms with E-state index < -0.39 is 0 Å². The molecule has 0 bridgehead atoms. The Kier molecular flexibility index (Phi) is 5.66. The third-order valence-corrected chi connectivity index (χ3v) is 4.97. The van der Waals surface area contributed by atoms with Crippen molar-refractivity contribution in [3.63, 3.8) is 0 Å². The predicted molar refractivity (Wildman–Crippen MR) is 93.6 cm³/mol. The van der Waals surface area contributed by atoms with Gasteiger partial charge in [0, 0.05) is 19.0 Å². The molecule has 2 N–H and O–H groups in total. The standard InChI is InChI=1S/C18H29N5O/c1-13(18(24)19-11-10-15-6-4-3-5-7-15)20-16-8-9-17-21-14(2)22-23(17)12-16/h6,13,16,20H,3-5,7-12H2,1-2H3,(H,19,24)/t13-,16-/m0/s1. The van der Waals surface area contributed by atoms with Gasteiger partial charge in [-0.1, -0.05) is 11.6 Å². The van der Waals surface area contributed by atoms with Crippen molar-refractivity contribution in [2.75, 3.05) is 6.54 Å². The van der Waals surface area contributed by atoms with Crippen molar-refractivity contribution in [2.24, 2.45) is 0 Å². The fourth-order valence-corrected chi connectivity index (χ4v) is 3.63. The molecule has 2 heterocycles. The van der Waals surface area contributed by atoms with Gasteiger partial charge in [0.2, 0.25) is 5.91 Å². The molecule has 2 aliphatic rings. The minimum absolute atomic E-state index is 0.0898. The molecule has 1 amide bonds. The van der Waals surface area contributed by atoms with Gasteiger partial charge >= 0.3 is 0 Å². The molecular formula is C18H29N5O. The summed E-state index contributed by atoms with van der Waals surface area (Å²) in [4.78, 5) is 16.7. The van der Waals surface area contributed by atoms with Crippen LogP contribution in [0.5, 0.6) is 0 Å². The fourth-order valence-electron chi connectivity index (χ4n) is 3.63. The van der Waals surface area contributed by atoms with Crippen LogP contribution in [-0.4, -0.2) is 39.3 Å². The van der Waals surface area contributed by atoms with Crippen molar-refractivity contribution in [1.29, 1.82) is 0 Å². The molecule has 3 rings (SSSR count). The molecule has 132 valence electrons. The van der Waals surface area contributed by atoms with Crippen LogP contribution in [0.4, 0.5) is 0 Å². The first-order chi connectivity index (χ1) is 11.6. The monoisotopic (exact) mass is 331 g/mol. The quantitative estimate of drug-likeness (QED) is 0.781. The van der Waals surface area contributed by atoms with E-state index in [1.807, 2.05) is 18.5 Å². The van der Waals surface area contributed by atoms with Crippen LogP contribution >= 0.6 is 0 Å². The summed E-state index contributed by atoms with van der Waals surface area (Å²) in [6, 6.07) is 0.0990. The summed E-state index contributed by atoms with van der Waals surface area (Å²) in [6.45, 7) is 5.40. The van der Waals surface area contributed by atoms with Crippen molar-refractivity contribution >= 4 is 5.91 Å². The number of carbonyl (C=O) groups excluding carboxylic acids is 1. The van der Waals surface area contributed by atoms with Crippen molar-refractivity contribution in [3.05, 3.63) is 23.3 Å². The van der Waals surface area contributed by atoms with Gasteiger partial charge in [-0.25, -0.2) is 9.67 Å². The van der Waals surface area contributed by atoms with E-state index in [1.165, 1.54) is 31.3 Å². The number of fused-ring (bicyclic) bond motifs is 1. The first-order valence-corrected chi connectivity index (χ1v) is 9.24. The van der Waals surface area contributed by atoms with Crippen LogP contribution in [0.2, 0.25) is 0 Å². The van der Waals surface area contributed by atoms with Crippen molar-refractivity contribution in [1.82, 2.24) is 25.4 Å². The SMILES string of the molecule is Cc1nc2n(n1)C[C@@H](N[C@@H](C)C(=O)NCCC1=CCCCC1)CC2. The van der Waals surface area contributed by atoms with E-state index in [-0.39, 0.29) is 18.0 Å². The van der Waals surface area contributed by atoms with E-state index in [9.17, 15) is 4.79 Å². The number of allylic oxidation sites excluding steroid dienone is 1. The molecule has 2 atom stereocenters. The molecule has 0 saturated carbocycles. The molecule has 1 aliphatic carbocycles. The second kappa shape index (κ2) is 7.92. The Morgan fingerprint density at radius 2 is 2.29 bits per heavy atom. The molecule has 0 fully saturated rings. The lowest BCUT2D eigenvalue weighted by Gasteiger charge is -2.26. The highest BCUT2D eigenvalue weighted by Gasteiger charge is 2.24. The topological polar surface area (TPSA) is 71.8 Å². The summed E-state index contributed by atoms with van der Waals surface area (Å²) in [7, 11) is 0. The molecule has 1 aromatic heterocycles. The van der Waals surface area contributed by atoms with Crippen LogP contribution in [0.1, 0.15) is 57.1 Å². The summed E-state index contributed by atoms with van der Waals surface area (Å²) in [5.41, 5.74) is 1.50. The normalized spacial score (nSPS) is 21.8. The summed E-state index contributed by atoms with van der Waals surface area (Å²) in [5, 5.41) is 10.9. The first-order valence-electron chi connectivity index (χ1n) is 9.24. The van der Waals surface area contributed by atoms with E-state index in [4.69, 9.17) is 0 Å². The number of amides is 1. The summed E-state index contributed by atoms with van der Waals surface area (Å²) >= 11 is 0. The molecule has 0 radical (unpaired) electrons. The second-order valence-electron chi connectivity index (χ2n) is 7.03. The molecule has 1 aliphatic heterocycles. The molecule has 0 unspecified atom stereocenters. The van der Waals surface area contributed by atoms with Gasteiger partial charge < -0.3 is 10.6 Å². The lowest BCUT2D eigenvalue weighted by molar-refractivity contribution is -0.123. The number of rotatable bonds is 6. The maximum Gasteiger partial charge on any atom is 0.236 e. The molecule has 0 saturated heterocycles. The van der Waals surface area contributed by atoms with Gasteiger partial charge in [0.05, 0.1) is 12.6 Å². The van der Waals surface area contributed by atoms with Gasteiger partial charge in [-0.2, -0.15) is 5.10 Å². The third-order valence-electron chi connectivity index (χ3n) is 4.97. The molecular weight excluding hydrogens is 302 g/mol. The van der Waals surface area contributed by atoms with Gasteiger partial charge in [0.15, 0.2) is 0 Å². The van der Waals surface area contributed by atoms with E-state index in [1.54, 1.807) is 0 Å². The summed E-state index contributed by atoms with van der Waals surface area (Å²) in [5.74, 6) is 1.98. The number of hydrogen-bond acceptors (Lipinski definition) is 4. The minimum Gasteiger partial charge on any atom is -0.354 e. The zero-order valence-electron chi connectivity index (χ0n) is 14.8. The Morgan fingerprint density at radius 3 is 3.08 bits per heavy atom. The van der Waals surface area contributed by atoms with Crippen LogP contribution < -0.4 is 10.6 Å². The Labute approximate surface area is 144 Å². The zero-order chi connectivity index (χ0) is 16.9. The van der Waals surface area contributed by atoms with E-state index in [2.05, 4.69) is 26.8 Å². The molecule has 0 spiro atoms. The number of aryl methyl sites for hydroxylation is 2. The lowest BCUT2D eigenvalue weighted by Crippen LogP contribution is -2.49. The highest BCUT2D eigenvalue weighted by Crippen LogP contribution is 2.19. The highest BCUT2D eigenvalue weighted by atomic mass is 16.2. The number of nitrogens with one attached hydrogen (secondary N) is 2. The maximum absolute atomic E-state index is 12.3. The average molecular weight is 331 g/mol. The fraction of sp³-hybridized carbons (Fsp3) is 0.722. The van der Waals surface area contributed by atoms with Gasteiger partial charge in [-0.3, -0.25) is 4.79 Å². The van der Waals surface area contributed by atoms with E-state index in [0.29, 0.717) is 0 Å². The Hall–Kier alpha value is -1.69. The average Bonchev–Trinajstić information content (AvgIpc) is 2.95. The molecule has 0 aromatic carbocycles. The second-order valence-corrected chi connectivity index (χ2v) is 7.03. The smallest absolute Gasteiger partial charge is 0.236 e. The largest absolute Gasteiger partial charge is 0.354 e. The summed E-state index contributed by atoms with van der Waals surface area (Å²) < 4.78 is 1.97. The van der Waals surface area contributed by atoms with Gasteiger partial charge in [0.1, 0.15) is 11.6 Å². The van der Waals surface area contributed by atoms with Gasteiger partial charge in [-0.05, 0) is 52.4 Å². The minimum atomic E-state index is -0.179. The number of carbonyl (C=O) groups is 1. The van der Waals surface area contributed by atoms with Crippen LogP contribution in [0.3, 0.4) is 0 Å². The van der Waals surface area contributed by atoms with E-state index >= 15 is 0 Å². The van der Waals surface area contributed by atoms with Crippen molar-refractivity contribution < 1.29 is 4.79 Å². The van der Waals surface area contributed by atoms with Crippen molar-refractivity contribution in [2.45, 2.75) is 77.4 Å². The third kappa shape index (κ3) is 4.44. The highest BCUT2D eigenvalue weighted by molar-refractivity contribution is 5.81. The maximum atomic E-state index is 12.3. The van der Waals surface area contributed by atoms with E-state index in [0.717, 1.165) is 44.0 Å². The van der Waals surface area contributed by atoms with Crippen LogP contribution in [0, 0.1) is 6.92 Å². The zero-order valence-corrected chi connectivity index (χ0v) is 14.8. The number of hydrogen-bond donors (Lipinski definition) is 2. The lowest BCUT2D eigenvalue weighted by atomic mass is 9.97. The Balaban J connectivity index is 1.40. The van der Waals surface area contributed by atoms with Crippen LogP contribution in [-0.2, 0) is 17.8 Å². The van der Waals surface area contributed by atoms with Crippen molar-refractivity contribution in [3.8, 4) is 0 Å². The van der Waals surface area contributed by atoms with Crippen LogP contribution in [0.25, 0.3) is 0 Å². The van der Waals surface area contributed by atoms with Crippen LogP contribution in [0.15, 0.2) is 11.6 Å².